The summed E-state index contributed by atoms with van der Waals surface area (Å²) < 4.78 is 0. The number of amides is 1. The van der Waals surface area contributed by atoms with Gasteiger partial charge in [-0.05, 0) is 26.3 Å². The van der Waals surface area contributed by atoms with Crippen molar-refractivity contribution in [2.24, 2.45) is 0 Å². The van der Waals surface area contributed by atoms with Crippen molar-refractivity contribution in [2.45, 2.75) is 31.8 Å². The molecule has 110 valence electrons. The van der Waals surface area contributed by atoms with E-state index in [2.05, 4.69) is 22.1 Å². The number of anilines is 2. The van der Waals surface area contributed by atoms with Crippen molar-refractivity contribution >= 4 is 28.2 Å². The number of piperazine rings is 1. The number of fused-ring (bicyclic) bond motifs is 1. The molecule has 2 atom stereocenters. The third kappa shape index (κ3) is 2.25. The molecule has 3 N–H and O–H groups in total. The Morgan fingerprint density at radius 2 is 2.30 bits per heavy atom. The molecule has 3 heterocycles. The second-order valence-corrected chi connectivity index (χ2v) is 6.58. The van der Waals surface area contributed by atoms with E-state index in [0.717, 1.165) is 13.1 Å². The van der Waals surface area contributed by atoms with E-state index in [1.807, 2.05) is 4.90 Å². The molecule has 1 aromatic rings. The largest absolute Gasteiger partial charge is 0.382 e. The van der Waals surface area contributed by atoms with Gasteiger partial charge in [-0.3, -0.25) is 9.69 Å². The Labute approximate surface area is 123 Å². The molecule has 20 heavy (non-hydrogen) atoms. The van der Waals surface area contributed by atoms with Crippen LogP contribution >= 0.6 is 11.3 Å². The molecule has 2 unspecified atom stereocenters. The number of thiazole rings is 1. The van der Waals surface area contributed by atoms with Gasteiger partial charge in [0.15, 0.2) is 5.13 Å². The van der Waals surface area contributed by atoms with E-state index < -0.39 is 0 Å². The summed E-state index contributed by atoms with van der Waals surface area (Å²) in [6, 6.07) is 0.754. The average molecular weight is 295 g/mol. The number of nitrogens with one attached hydrogen (secondary N) is 1. The van der Waals surface area contributed by atoms with Crippen LogP contribution in [0.25, 0.3) is 0 Å². The van der Waals surface area contributed by atoms with E-state index in [-0.39, 0.29) is 11.9 Å². The van der Waals surface area contributed by atoms with Gasteiger partial charge in [-0.25, -0.2) is 4.98 Å². The standard InChI is InChI=1S/C13H21N5OS/c1-8-6-17-5-3-4-9(17)7-18(8)12(19)10-11(14)16-13(15-2)20-10/h8-9H,3-7,14H2,1-2H3,(H,15,16). The van der Waals surface area contributed by atoms with Crippen LogP contribution in [0.3, 0.4) is 0 Å². The number of nitrogens with two attached hydrogens (primary N) is 1. The van der Waals surface area contributed by atoms with Crippen LogP contribution in [-0.2, 0) is 0 Å². The Morgan fingerprint density at radius 1 is 1.50 bits per heavy atom. The average Bonchev–Trinajstić information content (AvgIpc) is 3.02. The zero-order chi connectivity index (χ0) is 14.3. The lowest BCUT2D eigenvalue weighted by Crippen LogP contribution is -2.56. The Morgan fingerprint density at radius 3 is 3.00 bits per heavy atom. The van der Waals surface area contributed by atoms with Crippen LogP contribution in [0.2, 0.25) is 0 Å². The predicted molar refractivity (Wildman–Crippen MR) is 81.2 cm³/mol. The Bertz CT molecular complexity index is 517. The second-order valence-electron chi connectivity index (χ2n) is 5.58. The summed E-state index contributed by atoms with van der Waals surface area (Å²) in [7, 11) is 1.78. The van der Waals surface area contributed by atoms with E-state index in [9.17, 15) is 4.79 Å². The van der Waals surface area contributed by atoms with Crippen molar-refractivity contribution in [2.75, 3.05) is 37.7 Å². The first-order valence-electron chi connectivity index (χ1n) is 7.09. The molecular formula is C13H21N5OS. The maximum atomic E-state index is 12.7. The lowest BCUT2D eigenvalue weighted by molar-refractivity contribution is 0.0400. The van der Waals surface area contributed by atoms with E-state index in [1.165, 1.54) is 30.7 Å². The van der Waals surface area contributed by atoms with Gasteiger partial charge in [-0.1, -0.05) is 11.3 Å². The van der Waals surface area contributed by atoms with Crippen LogP contribution in [0.5, 0.6) is 0 Å². The summed E-state index contributed by atoms with van der Waals surface area (Å²) in [5.41, 5.74) is 5.88. The van der Waals surface area contributed by atoms with Crippen LogP contribution in [0.4, 0.5) is 10.9 Å². The Kier molecular flexibility index (Phi) is 3.55. The number of aromatic nitrogens is 1. The quantitative estimate of drug-likeness (QED) is 0.854. The molecule has 2 aliphatic rings. The number of carbonyl (C=O) groups excluding carboxylic acids is 1. The van der Waals surface area contributed by atoms with Gasteiger partial charge in [0.1, 0.15) is 10.7 Å². The van der Waals surface area contributed by atoms with E-state index in [1.54, 1.807) is 7.05 Å². The molecule has 0 bridgehead atoms. The summed E-state index contributed by atoms with van der Waals surface area (Å²) >= 11 is 1.34. The zero-order valence-electron chi connectivity index (χ0n) is 11.9. The van der Waals surface area contributed by atoms with Crippen LogP contribution in [-0.4, -0.2) is 59.5 Å². The fourth-order valence-corrected chi connectivity index (χ4v) is 3.99. The smallest absolute Gasteiger partial charge is 0.268 e. The number of nitrogens with zero attached hydrogens (tertiary/aromatic N) is 3. The molecule has 2 aliphatic heterocycles. The minimum atomic E-state index is 0.0283. The second kappa shape index (κ2) is 5.21. The Balaban J connectivity index is 1.80. The maximum Gasteiger partial charge on any atom is 0.268 e. The summed E-state index contributed by atoms with van der Waals surface area (Å²) in [5.74, 6) is 0.367. The molecule has 1 amide bonds. The first-order chi connectivity index (χ1) is 9.60. The molecule has 6 nitrogen and oxygen atoms in total. The van der Waals surface area contributed by atoms with Crippen molar-refractivity contribution in [3.05, 3.63) is 4.88 Å². The first-order valence-corrected chi connectivity index (χ1v) is 7.91. The minimum absolute atomic E-state index is 0.0283. The van der Waals surface area contributed by atoms with Crippen LogP contribution in [0.15, 0.2) is 0 Å². The first kappa shape index (κ1) is 13.6. The molecule has 0 aliphatic carbocycles. The number of nitrogen functional groups attached to an aromatic ring is 1. The highest BCUT2D eigenvalue weighted by molar-refractivity contribution is 7.18. The molecule has 0 aromatic carbocycles. The summed E-state index contributed by atoms with van der Waals surface area (Å²) in [4.78, 5) is 21.9. The normalized spacial score (nSPS) is 26.6. The van der Waals surface area contributed by atoms with Gasteiger partial charge >= 0.3 is 0 Å². The Hall–Kier alpha value is -1.34. The SMILES string of the molecule is CNc1nc(N)c(C(=O)N2CC3CCCN3CC2C)s1. The fourth-order valence-electron chi connectivity index (χ4n) is 3.19. The highest BCUT2D eigenvalue weighted by atomic mass is 32.1. The fraction of sp³-hybridized carbons (Fsp3) is 0.692. The van der Waals surface area contributed by atoms with Gasteiger partial charge in [0.25, 0.3) is 5.91 Å². The maximum absolute atomic E-state index is 12.7. The van der Waals surface area contributed by atoms with Gasteiger partial charge < -0.3 is 16.0 Å². The summed E-state index contributed by atoms with van der Waals surface area (Å²) in [5, 5.41) is 3.64. The van der Waals surface area contributed by atoms with Crippen molar-refractivity contribution in [1.82, 2.24) is 14.8 Å². The topological polar surface area (TPSA) is 74.5 Å². The highest BCUT2D eigenvalue weighted by Gasteiger charge is 2.37. The van der Waals surface area contributed by atoms with Gasteiger partial charge in [0.05, 0.1) is 0 Å². The molecule has 1 aromatic heterocycles. The van der Waals surface area contributed by atoms with Crippen LogP contribution in [0, 0.1) is 0 Å². The molecule has 0 saturated carbocycles. The molecule has 2 saturated heterocycles. The predicted octanol–water partition coefficient (Wildman–Crippen LogP) is 1.08. The van der Waals surface area contributed by atoms with Crippen LogP contribution in [0.1, 0.15) is 29.4 Å². The molecule has 2 fully saturated rings. The van der Waals surface area contributed by atoms with E-state index in [4.69, 9.17) is 5.73 Å². The highest BCUT2D eigenvalue weighted by Crippen LogP contribution is 2.30. The van der Waals surface area contributed by atoms with Gasteiger partial charge in [-0.2, -0.15) is 0 Å². The number of hydrogen-bond acceptors (Lipinski definition) is 6. The van der Waals surface area contributed by atoms with Gasteiger partial charge in [0.2, 0.25) is 0 Å². The molecule has 0 radical (unpaired) electrons. The third-order valence-electron chi connectivity index (χ3n) is 4.26. The molecule has 3 rings (SSSR count). The van der Waals surface area contributed by atoms with E-state index in [0.29, 0.717) is 21.9 Å². The number of hydrogen-bond donors (Lipinski definition) is 2. The zero-order valence-corrected chi connectivity index (χ0v) is 12.7. The summed E-state index contributed by atoms with van der Waals surface area (Å²) in [6.45, 7) is 5.06. The molecular weight excluding hydrogens is 274 g/mol. The monoisotopic (exact) mass is 295 g/mol. The number of rotatable bonds is 2. The summed E-state index contributed by atoms with van der Waals surface area (Å²) in [6.07, 6.45) is 2.43. The van der Waals surface area contributed by atoms with Gasteiger partial charge in [0, 0.05) is 32.2 Å². The van der Waals surface area contributed by atoms with Crippen molar-refractivity contribution in [3.63, 3.8) is 0 Å². The lowest BCUT2D eigenvalue weighted by atomic mass is 10.1. The lowest BCUT2D eigenvalue weighted by Gasteiger charge is -2.42. The van der Waals surface area contributed by atoms with Gasteiger partial charge in [-0.15, -0.1) is 0 Å². The minimum Gasteiger partial charge on any atom is -0.382 e. The number of carbonyl (C=O) groups is 1. The third-order valence-corrected chi connectivity index (χ3v) is 5.34. The van der Waals surface area contributed by atoms with Crippen molar-refractivity contribution in [3.8, 4) is 0 Å². The van der Waals surface area contributed by atoms with Crippen molar-refractivity contribution in [1.29, 1.82) is 0 Å². The molecule has 7 heteroatoms. The van der Waals surface area contributed by atoms with Crippen molar-refractivity contribution < 1.29 is 4.79 Å². The van der Waals surface area contributed by atoms with Crippen LogP contribution < -0.4 is 11.1 Å². The van der Waals surface area contributed by atoms with E-state index >= 15 is 0 Å². The molecule has 0 spiro atoms.